The monoisotopic (exact) mass is 299 g/mol. The van der Waals surface area contributed by atoms with E-state index >= 15 is 0 Å². The fourth-order valence-corrected chi connectivity index (χ4v) is 4.37. The van der Waals surface area contributed by atoms with Gasteiger partial charge in [-0.05, 0) is 44.9 Å². The van der Waals surface area contributed by atoms with E-state index < -0.39 is 32.8 Å². The molecule has 7 heteroatoms. The highest BCUT2D eigenvalue weighted by Gasteiger charge is 2.41. The average molecular weight is 299 g/mol. The lowest BCUT2D eigenvalue weighted by molar-refractivity contribution is 0.0693. The predicted molar refractivity (Wildman–Crippen MR) is 72.3 cm³/mol. The summed E-state index contributed by atoms with van der Waals surface area (Å²) < 4.78 is 26.6. The summed E-state index contributed by atoms with van der Waals surface area (Å²) in [6, 6.07) is 3.33. The maximum absolute atomic E-state index is 12.6. The maximum Gasteiger partial charge on any atom is 0.339 e. The summed E-state index contributed by atoms with van der Waals surface area (Å²) in [7, 11) is -3.76. The highest BCUT2D eigenvalue weighted by atomic mass is 32.2. The molecule has 0 aromatic heterocycles. The van der Waals surface area contributed by atoms with Gasteiger partial charge < -0.3 is 10.2 Å². The zero-order chi connectivity index (χ0) is 15.1. The number of sulfonamides is 1. The average Bonchev–Trinajstić information content (AvgIpc) is 2.69. The Balaban J connectivity index is 2.50. The molecule has 0 bridgehead atoms. The maximum atomic E-state index is 12.6. The minimum Gasteiger partial charge on any atom is -0.507 e. The van der Waals surface area contributed by atoms with Crippen molar-refractivity contribution in [2.24, 2.45) is 0 Å². The quantitative estimate of drug-likeness (QED) is 0.885. The summed E-state index contributed by atoms with van der Waals surface area (Å²) in [4.78, 5) is 10.9. The molecule has 1 fully saturated rings. The molecule has 2 rings (SSSR count). The van der Waals surface area contributed by atoms with Crippen LogP contribution in [-0.4, -0.2) is 41.0 Å². The molecular weight excluding hydrogens is 282 g/mol. The van der Waals surface area contributed by atoms with Crippen molar-refractivity contribution >= 4 is 16.0 Å². The lowest BCUT2D eigenvalue weighted by Crippen LogP contribution is -2.42. The van der Waals surface area contributed by atoms with E-state index in [1.165, 1.54) is 10.4 Å². The van der Waals surface area contributed by atoms with Crippen LogP contribution in [0.2, 0.25) is 0 Å². The Morgan fingerprint density at radius 1 is 1.35 bits per heavy atom. The first kappa shape index (κ1) is 14.8. The lowest BCUT2D eigenvalue weighted by Gasteiger charge is -2.30. The summed E-state index contributed by atoms with van der Waals surface area (Å²) in [6.45, 7) is 4.10. The molecular formula is C13H17NO5S. The van der Waals surface area contributed by atoms with E-state index in [2.05, 4.69) is 0 Å². The van der Waals surface area contributed by atoms with Crippen molar-refractivity contribution in [1.82, 2.24) is 4.31 Å². The van der Waals surface area contributed by atoms with Crippen LogP contribution in [-0.2, 0) is 10.0 Å². The Morgan fingerprint density at radius 3 is 2.50 bits per heavy atom. The van der Waals surface area contributed by atoms with E-state index in [-0.39, 0.29) is 4.90 Å². The number of aromatic carboxylic acids is 1. The number of carbonyl (C=O) groups is 1. The molecule has 1 heterocycles. The predicted octanol–water partition coefficient (Wildman–Crippen LogP) is 1.65. The van der Waals surface area contributed by atoms with Crippen LogP contribution in [0.25, 0.3) is 0 Å². The molecule has 1 aliphatic rings. The number of phenols is 1. The van der Waals surface area contributed by atoms with Gasteiger partial charge >= 0.3 is 5.97 Å². The van der Waals surface area contributed by atoms with Crippen LogP contribution < -0.4 is 0 Å². The van der Waals surface area contributed by atoms with Crippen LogP contribution in [0, 0.1) is 0 Å². The van der Waals surface area contributed by atoms with E-state index in [0.717, 1.165) is 25.0 Å². The van der Waals surface area contributed by atoms with Crippen LogP contribution in [0.1, 0.15) is 37.0 Å². The van der Waals surface area contributed by atoms with Gasteiger partial charge in [0, 0.05) is 12.1 Å². The van der Waals surface area contributed by atoms with Gasteiger partial charge in [-0.25, -0.2) is 13.2 Å². The largest absolute Gasteiger partial charge is 0.507 e. The summed E-state index contributed by atoms with van der Waals surface area (Å²) in [5, 5.41) is 18.4. The molecule has 0 radical (unpaired) electrons. The minimum atomic E-state index is -3.76. The Bertz CT molecular complexity index is 651. The second-order valence-electron chi connectivity index (χ2n) is 5.48. The number of hydrogen-bond donors (Lipinski definition) is 2. The number of rotatable bonds is 3. The first-order valence-corrected chi connectivity index (χ1v) is 7.69. The molecule has 0 unspecified atom stereocenters. The Hall–Kier alpha value is -1.60. The van der Waals surface area contributed by atoms with Crippen LogP contribution in [0.4, 0.5) is 0 Å². The molecule has 0 atom stereocenters. The molecule has 0 amide bonds. The van der Waals surface area contributed by atoms with Gasteiger partial charge in [0.25, 0.3) is 0 Å². The van der Waals surface area contributed by atoms with E-state index in [0.29, 0.717) is 6.54 Å². The molecule has 0 aliphatic carbocycles. The SMILES string of the molecule is CC1(C)CCCN1S(=O)(=O)c1ccc(O)c(C(=O)O)c1. The highest BCUT2D eigenvalue weighted by Crippen LogP contribution is 2.34. The van der Waals surface area contributed by atoms with E-state index in [1.54, 1.807) is 0 Å². The first-order chi connectivity index (χ1) is 9.16. The van der Waals surface area contributed by atoms with Gasteiger partial charge in [0.15, 0.2) is 0 Å². The summed E-state index contributed by atoms with van der Waals surface area (Å²) in [6.07, 6.45) is 1.53. The fourth-order valence-electron chi connectivity index (χ4n) is 2.50. The van der Waals surface area contributed by atoms with Crippen LogP contribution in [0.5, 0.6) is 5.75 Å². The third-order valence-corrected chi connectivity index (χ3v) is 5.72. The standard InChI is InChI=1S/C13H17NO5S/c1-13(2)6-3-7-14(13)20(18,19)9-4-5-11(15)10(8-9)12(16)17/h4-5,8,15H,3,6-7H2,1-2H3,(H,16,17). The molecule has 110 valence electrons. The van der Waals surface area contributed by atoms with E-state index in [1.807, 2.05) is 13.8 Å². The Kier molecular flexibility index (Phi) is 3.51. The van der Waals surface area contributed by atoms with Crippen molar-refractivity contribution in [2.75, 3.05) is 6.54 Å². The fraction of sp³-hybridized carbons (Fsp3) is 0.462. The Morgan fingerprint density at radius 2 is 2.00 bits per heavy atom. The first-order valence-electron chi connectivity index (χ1n) is 6.25. The number of hydrogen-bond acceptors (Lipinski definition) is 4. The molecule has 1 saturated heterocycles. The van der Waals surface area contributed by atoms with Gasteiger partial charge in [0.1, 0.15) is 11.3 Å². The summed E-state index contributed by atoms with van der Waals surface area (Å²) in [5.41, 5.74) is -0.900. The summed E-state index contributed by atoms with van der Waals surface area (Å²) in [5.74, 6) is -1.81. The number of nitrogens with zero attached hydrogens (tertiary/aromatic N) is 1. The molecule has 0 spiro atoms. The smallest absolute Gasteiger partial charge is 0.339 e. The van der Waals surface area contributed by atoms with Gasteiger partial charge in [-0.15, -0.1) is 0 Å². The van der Waals surface area contributed by atoms with Crippen molar-refractivity contribution in [3.05, 3.63) is 23.8 Å². The van der Waals surface area contributed by atoms with E-state index in [4.69, 9.17) is 5.11 Å². The van der Waals surface area contributed by atoms with Gasteiger partial charge in [0.05, 0.1) is 4.90 Å². The molecule has 1 aliphatic heterocycles. The number of aromatic hydroxyl groups is 1. The normalized spacial score (nSPS) is 19.1. The van der Waals surface area contributed by atoms with Crippen molar-refractivity contribution in [3.8, 4) is 5.75 Å². The van der Waals surface area contributed by atoms with Crippen LogP contribution >= 0.6 is 0 Å². The van der Waals surface area contributed by atoms with Crippen molar-refractivity contribution in [3.63, 3.8) is 0 Å². The molecule has 1 aromatic rings. The third kappa shape index (κ3) is 2.38. The van der Waals surface area contributed by atoms with Gasteiger partial charge in [-0.1, -0.05) is 0 Å². The zero-order valence-electron chi connectivity index (χ0n) is 11.3. The van der Waals surface area contributed by atoms with E-state index in [9.17, 15) is 18.3 Å². The summed E-state index contributed by atoms with van der Waals surface area (Å²) >= 11 is 0. The molecule has 20 heavy (non-hydrogen) atoms. The molecule has 1 aromatic carbocycles. The molecule has 6 nitrogen and oxygen atoms in total. The van der Waals surface area contributed by atoms with Crippen molar-refractivity contribution in [2.45, 2.75) is 37.1 Å². The number of benzene rings is 1. The van der Waals surface area contributed by atoms with Gasteiger partial charge in [-0.3, -0.25) is 0 Å². The van der Waals surface area contributed by atoms with Gasteiger partial charge in [0.2, 0.25) is 10.0 Å². The topological polar surface area (TPSA) is 94.9 Å². The van der Waals surface area contributed by atoms with Gasteiger partial charge in [-0.2, -0.15) is 4.31 Å². The molecule has 0 saturated carbocycles. The lowest BCUT2D eigenvalue weighted by atomic mass is 10.0. The van der Waals surface area contributed by atoms with Crippen molar-refractivity contribution in [1.29, 1.82) is 0 Å². The van der Waals surface area contributed by atoms with Crippen molar-refractivity contribution < 1.29 is 23.4 Å². The second kappa shape index (κ2) is 4.75. The molecule has 2 N–H and O–H groups in total. The number of carboxylic acid groups (broad SMARTS) is 1. The minimum absolute atomic E-state index is 0.109. The van der Waals surface area contributed by atoms with Crippen LogP contribution in [0.3, 0.4) is 0 Å². The van der Waals surface area contributed by atoms with Crippen LogP contribution in [0.15, 0.2) is 23.1 Å². The highest BCUT2D eigenvalue weighted by molar-refractivity contribution is 7.89. The second-order valence-corrected chi connectivity index (χ2v) is 7.34. The number of carboxylic acids is 1. The zero-order valence-corrected chi connectivity index (χ0v) is 12.1. The third-order valence-electron chi connectivity index (χ3n) is 3.61. The Labute approximate surface area is 117 Å².